The van der Waals surface area contributed by atoms with Crippen molar-refractivity contribution in [3.8, 4) is 0 Å². The molecule has 0 aromatic heterocycles. The molecule has 2 rings (SSSR count). The first kappa shape index (κ1) is 15.3. The van der Waals surface area contributed by atoms with E-state index in [-0.39, 0.29) is 5.69 Å². The topological polar surface area (TPSA) is 75.5 Å². The summed E-state index contributed by atoms with van der Waals surface area (Å²) in [4.78, 5) is 23.4. The Kier molecular flexibility index (Phi) is 4.17. The molecular weight excluding hydrogens is 284 g/mol. The number of nitrogens with one attached hydrogen (secondary N) is 1. The number of hydrogen-bond acceptors (Lipinski definition) is 4. The number of nitrogens with zero attached hydrogens (tertiary/aromatic N) is 2. The first-order valence-corrected chi connectivity index (χ1v) is 6.41. The molecule has 21 heavy (non-hydrogen) atoms. The summed E-state index contributed by atoms with van der Waals surface area (Å²) in [7, 11) is 0. The largest absolute Gasteiger partial charge is 0.316 e. The minimum Gasteiger partial charge on any atom is -0.316 e. The van der Waals surface area contributed by atoms with Crippen LogP contribution in [0.25, 0.3) is 0 Å². The lowest BCUT2D eigenvalue weighted by molar-refractivity contribution is -0.385. The summed E-state index contributed by atoms with van der Waals surface area (Å²) in [5, 5.41) is 13.8. The van der Waals surface area contributed by atoms with E-state index in [0.29, 0.717) is 11.1 Å². The van der Waals surface area contributed by atoms with Crippen LogP contribution in [0.4, 0.5) is 14.5 Å². The second kappa shape index (κ2) is 5.72. The Bertz CT molecular complexity index is 580. The molecule has 1 aliphatic rings. The Morgan fingerprint density at radius 2 is 2.14 bits per heavy atom. The molecule has 2 unspecified atom stereocenters. The highest BCUT2D eigenvalue weighted by Gasteiger charge is 2.38. The predicted molar refractivity (Wildman–Crippen MR) is 70.9 cm³/mol. The van der Waals surface area contributed by atoms with Gasteiger partial charge in [0.2, 0.25) is 5.91 Å². The van der Waals surface area contributed by atoms with Gasteiger partial charge in [-0.3, -0.25) is 20.2 Å². The zero-order valence-electron chi connectivity index (χ0n) is 11.5. The van der Waals surface area contributed by atoms with E-state index in [1.54, 1.807) is 26.0 Å². The number of nitro groups is 1. The molecule has 6 nitrogen and oxygen atoms in total. The summed E-state index contributed by atoms with van der Waals surface area (Å²) >= 11 is 0. The van der Waals surface area contributed by atoms with Crippen LogP contribution in [0.3, 0.4) is 0 Å². The van der Waals surface area contributed by atoms with Crippen LogP contribution in [-0.2, 0) is 4.79 Å². The Hall–Kier alpha value is -2.09. The maximum atomic E-state index is 12.6. The van der Waals surface area contributed by atoms with Crippen LogP contribution in [0.5, 0.6) is 0 Å². The molecule has 8 heteroatoms. The third-order valence-electron chi connectivity index (χ3n) is 3.45. The molecule has 1 heterocycles. The van der Waals surface area contributed by atoms with Gasteiger partial charge in [-0.2, -0.15) is 0 Å². The van der Waals surface area contributed by atoms with Crippen molar-refractivity contribution in [2.75, 3.05) is 6.54 Å². The summed E-state index contributed by atoms with van der Waals surface area (Å²) < 4.78 is 25.2. The molecule has 1 fully saturated rings. The average molecular weight is 299 g/mol. The Labute approximate surface area is 119 Å². The minimum absolute atomic E-state index is 0.0988. The normalized spacial score (nSPS) is 22.1. The van der Waals surface area contributed by atoms with E-state index in [9.17, 15) is 23.7 Å². The molecule has 0 radical (unpaired) electrons. The number of carbonyl (C=O) groups excluding carboxylic acids is 1. The number of benzene rings is 1. The molecule has 2 atom stereocenters. The molecule has 0 spiro atoms. The number of hydrogen-bond donors (Lipinski definition) is 1. The Morgan fingerprint density at radius 1 is 1.48 bits per heavy atom. The fraction of sp³-hybridized carbons (Fsp3) is 0.462. The summed E-state index contributed by atoms with van der Waals surface area (Å²) in [6, 6.07) is 3.86. The molecule has 1 saturated heterocycles. The van der Waals surface area contributed by atoms with Crippen molar-refractivity contribution < 1.29 is 18.5 Å². The third kappa shape index (κ3) is 2.99. The zero-order chi connectivity index (χ0) is 15.7. The summed E-state index contributed by atoms with van der Waals surface area (Å²) in [6.07, 6.45) is -3.44. The van der Waals surface area contributed by atoms with Crippen LogP contribution in [0.1, 0.15) is 24.2 Å². The maximum Gasteiger partial charge on any atom is 0.272 e. The van der Waals surface area contributed by atoms with Gasteiger partial charge in [-0.1, -0.05) is 12.1 Å². The molecule has 1 N–H and O–H groups in total. The van der Waals surface area contributed by atoms with E-state index < -0.39 is 36.0 Å². The molecule has 1 aromatic rings. The fourth-order valence-electron chi connectivity index (χ4n) is 2.39. The maximum absolute atomic E-state index is 12.6. The van der Waals surface area contributed by atoms with Gasteiger partial charge < -0.3 is 4.90 Å². The molecular formula is C13H15F2N3O3. The van der Waals surface area contributed by atoms with E-state index in [2.05, 4.69) is 5.32 Å². The quantitative estimate of drug-likeness (QED) is 0.681. The van der Waals surface area contributed by atoms with E-state index >= 15 is 0 Å². The highest BCUT2D eigenvalue weighted by molar-refractivity contribution is 5.84. The van der Waals surface area contributed by atoms with Crippen LogP contribution in [0, 0.1) is 17.0 Å². The molecule has 0 aliphatic carbocycles. The van der Waals surface area contributed by atoms with Crippen molar-refractivity contribution in [2.45, 2.75) is 32.5 Å². The average Bonchev–Trinajstić information content (AvgIpc) is 2.67. The van der Waals surface area contributed by atoms with Gasteiger partial charge in [0.15, 0.2) is 0 Å². The molecule has 114 valence electrons. The molecule has 1 aliphatic heterocycles. The van der Waals surface area contributed by atoms with E-state index in [4.69, 9.17) is 0 Å². The lowest BCUT2D eigenvalue weighted by Gasteiger charge is -2.24. The van der Waals surface area contributed by atoms with Gasteiger partial charge in [0.1, 0.15) is 6.17 Å². The van der Waals surface area contributed by atoms with Crippen LogP contribution in [-0.4, -0.2) is 34.7 Å². The Balaban J connectivity index is 2.37. The van der Waals surface area contributed by atoms with Crippen LogP contribution >= 0.6 is 0 Å². The number of rotatable bonds is 4. The van der Waals surface area contributed by atoms with Crippen molar-refractivity contribution in [3.63, 3.8) is 0 Å². The lowest BCUT2D eigenvalue weighted by Crippen LogP contribution is -2.34. The van der Waals surface area contributed by atoms with Gasteiger partial charge in [-0.05, 0) is 19.4 Å². The highest BCUT2D eigenvalue weighted by atomic mass is 19.3. The van der Waals surface area contributed by atoms with Crippen LogP contribution in [0.2, 0.25) is 0 Å². The zero-order valence-corrected chi connectivity index (χ0v) is 11.5. The standard InChI is InChI=1S/C13H15F2N3O3/c1-7-3-4-9(5-10(7)18(20)21)12-16-8(2)13(19)17(12)6-11(14)15/h3-5,8,11-12,16H,6H2,1-2H3. The molecule has 0 saturated carbocycles. The first-order chi connectivity index (χ1) is 9.81. The summed E-state index contributed by atoms with van der Waals surface area (Å²) in [5.41, 5.74) is 0.797. The second-order valence-corrected chi connectivity index (χ2v) is 4.98. The van der Waals surface area contributed by atoms with Gasteiger partial charge in [0.25, 0.3) is 12.1 Å². The monoisotopic (exact) mass is 299 g/mol. The van der Waals surface area contributed by atoms with Gasteiger partial charge in [0, 0.05) is 11.6 Å². The van der Waals surface area contributed by atoms with E-state index in [1.807, 2.05) is 0 Å². The molecule has 0 bridgehead atoms. The van der Waals surface area contributed by atoms with Crippen molar-refractivity contribution in [2.24, 2.45) is 0 Å². The smallest absolute Gasteiger partial charge is 0.272 e. The second-order valence-electron chi connectivity index (χ2n) is 4.98. The number of halogens is 2. The summed E-state index contributed by atoms with van der Waals surface area (Å²) in [6.45, 7) is 2.46. The highest BCUT2D eigenvalue weighted by Crippen LogP contribution is 2.29. The summed E-state index contributed by atoms with van der Waals surface area (Å²) in [5.74, 6) is -0.441. The van der Waals surface area contributed by atoms with Crippen LogP contribution in [0.15, 0.2) is 18.2 Å². The van der Waals surface area contributed by atoms with Crippen molar-refractivity contribution in [1.82, 2.24) is 10.2 Å². The van der Waals surface area contributed by atoms with Gasteiger partial charge in [0.05, 0.1) is 17.5 Å². The third-order valence-corrected chi connectivity index (χ3v) is 3.45. The van der Waals surface area contributed by atoms with Crippen LogP contribution < -0.4 is 5.32 Å². The van der Waals surface area contributed by atoms with Crippen molar-refractivity contribution in [1.29, 1.82) is 0 Å². The van der Waals surface area contributed by atoms with Gasteiger partial charge >= 0.3 is 0 Å². The van der Waals surface area contributed by atoms with Crippen molar-refractivity contribution in [3.05, 3.63) is 39.4 Å². The number of aryl methyl sites for hydroxylation is 1. The first-order valence-electron chi connectivity index (χ1n) is 6.41. The SMILES string of the molecule is Cc1ccc(C2NC(C)C(=O)N2CC(F)F)cc1[N+](=O)[O-]. The number of alkyl halides is 2. The number of nitro benzene ring substituents is 1. The van der Waals surface area contributed by atoms with E-state index in [1.165, 1.54) is 6.07 Å². The lowest BCUT2D eigenvalue weighted by atomic mass is 10.1. The minimum atomic E-state index is -2.66. The fourth-order valence-corrected chi connectivity index (χ4v) is 2.39. The molecule has 1 aromatic carbocycles. The van der Waals surface area contributed by atoms with E-state index in [0.717, 1.165) is 4.90 Å². The van der Waals surface area contributed by atoms with Gasteiger partial charge in [-0.15, -0.1) is 0 Å². The number of carbonyl (C=O) groups is 1. The van der Waals surface area contributed by atoms with Crippen molar-refractivity contribution >= 4 is 11.6 Å². The Morgan fingerprint density at radius 3 is 2.71 bits per heavy atom. The predicted octanol–water partition coefficient (Wildman–Crippen LogP) is 1.99. The number of amides is 1. The van der Waals surface area contributed by atoms with Gasteiger partial charge in [-0.25, -0.2) is 8.78 Å². The molecule has 1 amide bonds.